The number of hydrogen-bond donors (Lipinski definition) is 0. The number of hydrogen-bond acceptors (Lipinski definition) is 3. The fourth-order valence-corrected chi connectivity index (χ4v) is 3.91. The van der Waals surface area contributed by atoms with Crippen LogP contribution in [0.5, 0.6) is 0 Å². The van der Waals surface area contributed by atoms with Crippen LogP contribution >= 0.6 is 0 Å². The summed E-state index contributed by atoms with van der Waals surface area (Å²) in [5.41, 5.74) is 0. The van der Waals surface area contributed by atoms with Gasteiger partial charge in [0.25, 0.3) is 8.32 Å². The Labute approximate surface area is 91.7 Å². The molecule has 0 aromatic carbocycles. The molecule has 0 aromatic rings. The van der Waals surface area contributed by atoms with E-state index in [1.165, 1.54) is 6.92 Å². The highest BCUT2D eigenvalue weighted by Crippen LogP contribution is 2.23. The summed E-state index contributed by atoms with van der Waals surface area (Å²) in [5, 5.41) is 0. The van der Waals surface area contributed by atoms with Gasteiger partial charge in [0.2, 0.25) is 5.91 Å². The molecule has 1 rings (SSSR count). The van der Waals surface area contributed by atoms with Crippen LogP contribution in [0.1, 0.15) is 20.8 Å². The maximum absolute atomic E-state index is 11.8. The van der Waals surface area contributed by atoms with Gasteiger partial charge in [0.15, 0.2) is 0 Å². The molecule has 0 saturated carbocycles. The van der Waals surface area contributed by atoms with E-state index in [0.717, 1.165) is 0 Å². The molecule has 0 bridgehead atoms. The van der Waals surface area contributed by atoms with Crippen molar-refractivity contribution in [2.24, 2.45) is 5.92 Å². The van der Waals surface area contributed by atoms with Crippen LogP contribution in [0.2, 0.25) is 13.1 Å². The molecule has 1 unspecified atom stereocenters. The van der Waals surface area contributed by atoms with Gasteiger partial charge >= 0.3 is 5.97 Å². The molecule has 4 nitrogen and oxygen atoms in total. The molecule has 15 heavy (non-hydrogen) atoms. The maximum atomic E-state index is 11.8. The molecule has 0 spiro atoms. The molecule has 0 aromatic heterocycles. The van der Waals surface area contributed by atoms with E-state index in [1.807, 2.05) is 26.9 Å². The highest BCUT2D eigenvalue weighted by atomic mass is 28.4. The lowest BCUT2D eigenvalue weighted by molar-refractivity contribution is -0.152. The van der Waals surface area contributed by atoms with Crippen LogP contribution in [0.15, 0.2) is 0 Å². The topological polar surface area (TPSA) is 46.6 Å². The van der Waals surface area contributed by atoms with Crippen molar-refractivity contribution >= 4 is 20.2 Å². The van der Waals surface area contributed by atoms with Gasteiger partial charge in [-0.1, -0.05) is 13.8 Å². The third-order valence-electron chi connectivity index (χ3n) is 2.54. The minimum atomic E-state index is -2.01. The third kappa shape index (κ3) is 2.59. The maximum Gasteiger partial charge on any atom is 0.315 e. The Morgan fingerprint density at radius 2 is 2.07 bits per heavy atom. The number of rotatable bonds is 1. The number of carbonyl (C=O) groups excluding carboxylic acids is 2. The van der Waals surface area contributed by atoms with Gasteiger partial charge in [-0.3, -0.25) is 9.59 Å². The summed E-state index contributed by atoms with van der Waals surface area (Å²) < 4.78 is 5.43. The molecule has 1 fully saturated rings. The lowest BCUT2D eigenvalue weighted by atomic mass is 10.0. The first-order valence-electron chi connectivity index (χ1n) is 5.24. The van der Waals surface area contributed by atoms with Gasteiger partial charge < -0.3 is 9.33 Å². The largest absolute Gasteiger partial charge is 0.516 e. The smallest absolute Gasteiger partial charge is 0.315 e. The molecule has 86 valence electrons. The Balaban J connectivity index is 2.96. The summed E-state index contributed by atoms with van der Waals surface area (Å²) >= 11 is 0. The molecule has 1 aliphatic heterocycles. The highest BCUT2D eigenvalue weighted by Gasteiger charge is 2.44. The molecule has 1 amide bonds. The molecular formula is C10H19NO3Si. The highest BCUT2D eigenvalue weighted by molar-refractivity contribution is 6.73. The Bertz CT molecular complexity index is 288. The SMILES string of the molecule is CC(=O)N1C[Si](C)(C)OC(=O)C1C(C)C. The summed E-state index contributed by atoms with van der Waals surface area (Å²) in [6.45, 7) is 9.29. The van der Waals surface area contributed by atoms with Gasteiger partial charge in [0.1, 0.15) is 6.04 Å². The average Bonchev–Trinajstić information content (AvgIpc) is 1.99. The zero-order valence-corrected chi connectivity index (χ0v) is 11.0. The second kappa shape index (κ2) is 3.96. The van der Waals surface area contributed by atoms with Gasteiger partial charge in [0, 0.05) is 6.92 Å². The monoisotopic (exact) mass is 229 g/mol. The zero-order chi connectivity index (χ0) is 11.8. The van der Waals surface area contributed by atoms with Crippen LogP contribution in [-0.2, 0) is 14.0 Å². The quantitative estimate of drug-likeness (QED) is 0.634. The van der Waals surface area contributed by atoms with Crippen LogP contribution < -0.4 is 0 Å². The molecule has 5 heteroatoms. The summed E-state index contributed by atoms with van der Waals surface area (Å²) in [5.74, 6) is -0.166. The zero-order valence-electron chi connectivity index (χ0n) is 10.0. The Hall–Kier alpha value is -0.843. The van der Waals surface area contributed by atoms with Gasteiger partial charge in [-0.25, -0.2) is 0 Å². The van der Waals surface area contributed by atoms with Crippen LogP contribution in [0.3, 0.4) is 0 Å². The van der Waals surface area contributed by atoms with Gasteiger partial charge in [-0.2, -0.15) is 0 Å². The number of nitrogens with zero attached hydrogens (tertiary/aromatic N) is 1. The summed E-state index contributed by atoms with van der Waals surface area (Å²) in [4.78, 5) is 24.9. The summed E-state index contributed by atoms with van der Waals surface area (Å²) in [7, 11) is -2.01. The van der Waals surface area contributed by atoms with Gasteiger partial charge in [0.05, 0.1) is 6.17 Å². The van der Waals surface area contributed by atoms with Crippen molar-refractivity contribution in [3.63, 3.8) is 0 Å². The minimum absolute atomic E-state index is 0.0362. The Morgan fingerprint density at radius 1 is 1.53 bits per heavy atom. The first-order valence-corrected chi connectivity index (χ1v) is 8.36. The van der Waals surface area contributed by atoms with Crippen molar-refractivity contribution in [1.29, 1.82) is 0 Å². The number of amides is 1. The van der Waals surface area contributed by atoms with E-state index in [1.54, 1.807) is 4.90 Å². The van der Waals surface area contributed by atoms with Crippen LogP contribution in [-0.4, -0.2) is 37.3 Å². The molecule has 1 saturated heterocycles. The van der Waals surface area contributed by atoms with E-state index < -0.39 is 14.4 Å². The van der Waals surface area contributed by atoms with Gasteiger partial charge in [-0.15, -0.1) is 0 Å². The van der Waals surface area contributed by atoms with E-state index in [-0.39, 0.29) is 17.8 Å². The summed E-state index contributed by atoms with van der Waals surface area (Å²) in [6.07, 6.45) is 0.608. The average molecular weight is 229 g/mol. The Morgan fingerprint density at radius 3 is 2.47 bits per heavy atom. The van der Waals surface area contributed by atoms with Crippen molar-refractivity contribution in [2.45, 2.75) is 39.9 Å². The third-order valence-corrected chi connectivity index (χ3v) is 4.40. The normalized spacial score (nSPS) is 25.3. The van der Waals surface area contributed by atoms with Gasteiger partial charge in [-0.05, 0) is 19.0 Å². The molecule has 0 radical (unpaired) electrons. The fourth-order valence-electron chi connectivity index (χ4n) is 1.94. The minimum Gasteiger partial charge on any atom is -0.516 e. The standard InChI is InChI=1S/C10H19NO3Si/c1-7(2)9-10(13)14-15(4,5)6-11(9)8(3)12/h7,9H,6H2,1-5H3. The van der Waals surface area contributed by atoms with E-state index >= 15 is 0 Å². The van der Waals surface area contributed by atoms with Crippen molar-refractivity contribution in [1.82, 2.24) is 4.90 Å². The molecular weight excluding hydrogens is 210 g/mol. The fraction of sp³-hybridized carbons (Fsp3) is 0.800. The molecule has 0 N–H and O–H groups in total. The second-order valence-electron chi connectivity index (χ2n) is 5.02. The Kier molecular flexibility index (Phi) is 3.23. The van der Waals surface area contributed by atoms with Crippen LogP contribution in [0.4, 0.5) is 0 Å². The first-order chi connectivity index (χ1) is 6.74. The van der Waals surface area contributed by atoms with Crippen molar-refractivity contribution < 1.29 is 14.0 Å². The van der Waals surface area contributed by atoms with Crippen LogP contribution in [0.25, 0.3) is 0 Å². The van der Waals surface area contributed by atoms with E-state index in [4.69, 9.17) is 4.43 Å². The van der Waals surface area contributed by atoms with Crippen molar-refractivity contribution in [3.8, 4) is 0 Å². The first kappa shape index (κ1) is 12.2. The molecule has 1 aliphatic rings. The van der Waals surface area contributed by atoms with Crippen molar-refractivity contribution in [3.05, 3.63) is 0 Å². The molecule has 1 atom stereocenters. The molecule has 1 heterocycles. The van der Waals surface area contributed by atoms with Crippen LogP contribution in [0, 0.1) is 5.92 Å². The van der Waals surface area contributed by atoms with Crippen molar-refractivity contribution in [2.75, 3.05) is 6.17 Å². The molecule has 0 aliphatic carbocycles. The predicted molar refractivity (Wildman–Crippen MR) is 59.6 cm³/mol. The predicted octanol–water partition coefficient (Wildman–Crippen LogP) is 1.16. The summed E-state index contributed by atoms with van der Waals surface area (Å²) in [6, 6.07) is -0.400. The lowest BCUT2D eigenvalue weighted by Crippen LogP contribution is -2.62. The number of carbonyl (C=O) groups is 2. The van der Waals surface area contributed by atoms with E-state index in [2.05, 4.69) is 0 Å². The lowest BCUT2D eigenvalue weighted by Gasteiger charge is -2.42. The van der Waals surface area contributed by atoms with E-state index in [9.17, 15) is 9.59 Å². The van der Waals surface area contributed by atoms with E-state index in [0.29, 0.717) is 6.17 Å². The second-order valence-corrected chi connectivity index (χ2v) is 9.06.